The molecule has 0 spiro atoms. The van der Waals surface area contributed by atoms with Crippen molar-refractivity contribution in [2.24, 2.45) is 0 Å². The molecule has 2 aromatic rings. The molecule has 0 aliphatic heterocycles. The molecule has 0 atom stereocenters. The fourth-order valence-corrected chi connectivity index (χ4v) is 2.42. The van der Waals surface area contributed by atoms with Crippen LogP contribution in [-0.4, -0.2) is 15.8 Å². The average molecular weight is 285 g/mol. The molecular weight excluding hydrogens is 258 g/mol. The number of aromatic nitrogens is 2. The van der Waals surface area contributed by atoms with E-state index in [2.05, 4.69) is 68.9 Å². The number of rotatable bonds is 6. The van der Waals surface area contributed by atoms with Crippen molar-refractivity contribution in [3.8, 4) is 5.69 Å². The third kappa shape index (κ3) is 3.73. The van der Waals surface area contributed by atoms with Gasteiger partial charge in [-0.3, -0.25) is 0 Å². The van der Waals surface area contributed by atoms with Crippen molar-refractivity contribution in [3.63, 3.8) is 0 Å². The summed E-state index contributed by atoms with van der Waals surface area (Å²) in [5.41, 5.74) is 6.22. The summed E-state index contributed by atoms with van der Waals surface area (Å²) in [4.78, 5) is 0. The van der Waals surface area contributed by atoms with Crippen LogP contribution in [0.25, 0.3) is 5.69 Å². The van der Waals surface area contributed by atoms with Gasteiger partial charge in [0.05, 0.1) is 11.4 Å². The Labute approximate surface area is 128 Å². The minimum Gasteiger partial charge on any atom is -0.310 e. The zero-order valence-electron chi connectivity index (χ0n) is 13.9. The Morgan fingerprint density at radius 3 is 2.52 bits per heavy atom. The molecule has 2 rings (SSSR count). The van der Waals surface area contributed by atoms with Crippen LogP contribution in [0.5, 0.6) is 0 Å². The van der Waals surface area contributed by atoms with Crippen molar-refractivity contribution in [1.29, 1.82) is 0 Å². The summed E-state index contributed by atoms with van der Waals surface area (Å²) in [7, 11) is 0. The highest BCUT2D eigenvalue weighted by Crippen LogP contribution is 2.19. The summed E-state index contributed by atoms with van der Waals surface area (Å²) in [5, 5.41) is 8.24. The van der Waals surface area contributed by atoms with Gasteiger partial charge in [-0.25, -0.2) is 4.68 Å². The molecular formula is C18H27N3. The van der Waals surface area contributed by atoms with Crippen LogP contribution in [0.15, 0.2) is 24.3 Å². The third-order valence-corrected chi connectivity index (χ3v) is 3.77. The predicted molar refractivity (Wildman–Crippen MR) is 89.0 cm³/mol. The van der Waals surface area contributed by atoms with Crippen molar-refractivity contribution in [3.05, 3.63) is 46.8 Å². The lowest BCUT2D eigenvalue weighted by atomic mass is 10.1. The van der Waals surface area contributed by atoms with Crippen molar-refractivity contribution >= 4 is 0 Å². The van der Waals surface area contributed by atoms with Crippen LogP contribution in [0.1, 0.15) is 50.2 Å². The Kier molecular flexibility index (Phi) is 5.18. The van der Waals surface area contributed by atoms with E-state index in [0.717, 1.165) is 25.1 Å². The van der Waals surface area contributed by atoms with Crippen LogP contribution in [0, 0.1) is 6.92 Å². The van der Waals surface area contributed by atoms with Gasteiger partial charge in [0, 0.05) is 18.3 Å². The first-order valence-corrected chi connectivity index (χ1v) is 7.96. The number of nitrogens with zero attached hydrogens (tertiary/aromatic N) is 2. The molecule has 0 fully saturated rings. The number of nitrogens with one attached hydrogen (secondary N) is 1. The van der Waals surface area contributed by atoms with Crippen LogP contribution < -0.4 is 5.32 Å². The van der Waals surface area contributed by atoms with E-state index in [0.29, 0.717) is 6.04 Å². The van der Waals surface area contributed by atoms with Crippen molar-refractivity contribution in [1.82, 2.24) is 15.1 Å². The molecule has 0 amide bonds. The van der Waals surface area contributed by atoms with E-state index in [-0.39, 0.29) is 0 Å². The summed E-state index contributed by atoms with van der Waals surface area (Å²) in [6, 6.07) is 9.37. The second-order valence-corrected chi connectivity index (χ2v) is 5.90. The lowest BCUT2D eigenvalue weighted by Crippen LogP contribution is -2.22. The smallest absolute Gasteiger partial charge is 0.0681 e. The van der Waals surface area contributed by atoms with Crippen LogP contribution >= 0.6 is 0 Å². The summed E-state index contributed by atoms with van der Waals surface area (Å²) in [5.74, 6) is 0. The molecule has 0 aliphatic carbocycles. The van der Waals surface area contributed by atoms with Gasteiger partial charge in [0.15, 0.2) is 0 Å². The zero-order valence-corrected chi connectivity index (χ0v) is 13.9. The zero-order chi connectivity index (χ0) is 15.4. The van der Waals surface area contributed by atoms with E-state index in [1.165, 1.54) is 22.5 Å². The molecule has 0 aliphatic rings. The molecule has 0 bridgehead atoms. The van der Waals surface area contributed by atoms with E-state index in [4.69, 9.17) is 5.10 Å². The highest BCUT2D eigenvalue weighted by molar-refractivity contribution is 5.44. The first-order chi connectivity index (χ1) is 10.0. The topological polar surface area (TPSA) is 29.9 Å². The van der Waals surface area contributed by atoms with Crippen LogP contribution in [0.4, 0.5) is 0 Å². The fraction of sp³-hybridized carbons (Fsp3) is 0.500. The minimum atomic E-state index is 0.498. The van der Waals surface area contributed by atoms with E-state index in [9.17, 15) is 0 Å². The van der Waals surface area contributed by atoms with Gasteiger partial charge in [-0.05, 0) is 43.0 Å². The molecule has 1 N–H and O–H groups in total. The Hall–Kier alpha value is -1.61. The van der Waals surface area contributed by atoms with Crippen LogP contribution in [0.3, 0.4) is 0 Å². The first-order valence-electron chi connectivity index (χ1n) is 7.96. The van der Waals surface area contributed by atoms with Crippen molar-refractivity contribution in [2.75, 3.05) is 0 Å². The largest absolute Gasteiger partial charge is 0.310 e. The van der Waals surface area contributed by atoms with Gasteiger partial charge in [0.2, 0.25) is 0 Å². The van der Waals surface area contributed by atoms with E-state index in [1.54, 1.807) is 0 Å². The lowest BCUT2D eigenvalue weighted by molar-refractivity contribution is 0.588. The number of benzene rings is 1. The normalized spacial score (nSPS) is 11.3. The molecule has 3 nitrogen and oxygen atoms in total. The maximum absolute atomic E-state index is 4.76. The Bertz CT molecular complexity index is 597. The standard InChI is InChI=1S/C18H27N3/c1-6-16-11-17(7-2)21(20-16)18-10-15(9-8-14(18)5)12-19-13(3)4/h8-11,13,19H,6-7,12H2,1-5H3. The highest BCUT2D eigenvalue weighted by atomic mass is 15.3. The number of aryl methyl sites for hydroxylation is 3. The van der Waals surface area contributed by atoms with Gasteiger partial charge in [-0.2, -0.15) is 5.10 Å². The molecule has 114 valence electrons. The maximum Gasteiger partial charge on any atom is 0.0681 e. The Balaban J connectivity index is 2.38. The summed E-state index contributed by atoms with van der Waals surface area (Å²) in [6.45, 7) is 11.7. The predicted octanol–water partition coefficient (Wildman–Crippen LogP) is 3.80. The van der Waals surface area contributed by atoms with Gasteiger partial charge in [0.25, 0.3) is 0 Å². The molecule has 0 radical (unpaired) electrons. The molecule has 0 saturated carbocycles. The fourth-order valence-electron chi connectivity index (χ4n) is 2.42. The molecule has 0 unspecified atom stereocenters. The quantitative estimate of drug-likeness (QED) is 0.875. The monoisotopic (exact) mass is 285 g/mol. The van der Waals surface area contributed by atoms with Crippen LogP contribution in [-0.2, 0) is 19.4 Å². The molecule has 0 saturated heterocycles. The van der Waals surface area contributed by atoms with Crippen LogP contribution in [0.2, 0.25) is 0 Å². The Morgan fingerprint density at radius 1 is 1.14 bits per heavy atom. The Morgan fingerprint density at radius 2 is 1.90 bits per heavy atom. The van der Waals surface area contributed by atoms with Gasteiger partial charge < -0.3 is 5.32 Å². The van der Waals surface area contributed by atoms with E-state index < -0.39 is 0 Å². The van der Waals surface area contributed by atoms with Gasteiger partial charge in [-0.15, -0.1) is 0 Å². The third-order valence-electron chi connectivity index (χ3n) is 3.77. The summed E-state index contributed by atoms with van der Waals surface area (Å²) < 4.78 is 2.12. The first kappa shape index (κ1) is 15.8. The second kappa shape index (κ2) is 6.90. The second-order valence-electron chi connectivity index (χ2n) is 5.90. The molecule has 1 heterocycles. The summed E-state index contributed by atoms with van der Waals surface area (Å²) >= 11 is 0. The highest BCUT2D eigenvalue weighted by Gasteiger charge is 2.10. The number of hydrogen-bond acceptors (Lipinski definition) is 2. The number of hydrogen-bond donors (Lipinski definition) is 1. The maximum atomic E-state index is 4.76. The van der Waals surface area contributed by atoms with Gasteiger partial charge in [-0.1, -0.05) is 39.8 Å². The molecule has 1 aromatic carbocycles. The molecule has 3 heteroatoms. The minimum absolute atomic E-state index is 0.498. The lowest BCUT2D eigenvalue weighted by Gasteiger charge is -2.13. The van der Waals surface area contributed by atoms with Crippen molar-refractivity contribution < 1.29 is 0 Å². The average Bonchev–Trinajstić information content (AvgIpc) is 2.89. The molecule has 1 aromatic heterocycles. The molecule has 21 heavy (non-hydrogen) atoms. The van der Waals surface area contributed by atoms with Crippen molar-refractivity contribution in [2.45, 2.75) is 60.0 Å². The van der Waals surface area contributed by atoms with Gasteiger partial charge >= 0.3 is 0 Å². The van der Waals surface area contributed by atoms with Gasteiger partial charge in [0.1, 0.15) is 0 Å². The van der Waals surface area contributed by atoms with E-state index in [1.807, 2.05) is 0 Å². The summed E-state index contributed by atoms with van der Waals surface area (Å²) in [6.07, 6.45) is 1.98. The van der Waals surface area contributed by atoms with E-state index >= 15 is 0 Å². The SMILES string of the molecule is CCc1cc(CC)n(-c2cc(CNC(C)C)ccc2C)n1.